The van der Waals surface area contributed by atoms with Gasteiger partial charge >= 0.3 is 0 Å². The summed E-state index contributed by atoms with van der Waals surface area (Å²) in [5.41, 5.74) is 1.42. The Morgan fingerprint density at radius 2 is 1.68 bits per heavy atom. The Morgan fingerprint density at radius 3 is 2.21 bits per heavy atom. The monoisotopic (exact) mass is 256 g/mol. The number of hydrogen-bond donors (Lipinski definition) is 1. The van der Waals surface area contributed by atoms with E-state index in [0.29, 0.717) is 23.7 Å². The minimum Gasteiger partial charge on any atom is -0.504 e. The topological polar surface area (TPSA) is 63.6 Å². The van der Waals surface area contributed by atoms with Crippen molar-refractivity contribution in [3.05, 3.63) is 47.5 Å². The van der Waals surface area contributed by atoms with Crippen LogP contribution in [0.1, 0.15) is 20.7 Å². The first-order chi connectivity index (χ1) is 9.22. The highest BCUT2D eigenvalue weighted by atomic mass is 16.5. The van der Waals surface area contributed by atoms with Crippen LogP contribution < -0.4 is 4.74 Å². The normalized spacial score (nSPS) is 9.95. The van der Waals surface area contributed by atoms with E-state index < -0.39 is 0 Å². The SMILES string of the molecule is COc1c(C=O)cc(C=O)c(-c2ccccc2)c1O. The van der Waals surface area contributed by atoms with E-state index in [1.54, 1.807) is 24.3 Å². The number of methoxy groups -OCH3 is 1. The highest BCUT2D eigenvalue weighted by molar-refractivity contribution is 5.96. The lowest BCUT2D eigenvalue weighted by atomic mass is 9.96. The van der Waals surface area contributed by atoms with Crippen molar-refractivity contribution >= 4 is 12.6 Å². The van der Waals surface area contributed by atoms with Crippen molar-refractivity contribution < 1.29 is 19.4 Å². The molecule has 0 bridgehead atoms. The molecule has 0 heterocycles. The molecular formula is C15H12O4. The van der Waals surface area contributed by atoms with E-state index in [1.165, 1.54) is 13.2 Å². The summed E-state index contributed by atoms with van der Waals surface area (Å²) in [5.74, 6) is -0.139. The zero-order valence-corrected chi connectivity index (χ0v) is 10.3. The number of aldehydes is 2. The van der Waals surface area contributed by atoms with Gasteiger partial charge in [-0.25, -0.2) is 0 Å². The molecule has 0 radical (unpaired) electrons. The van der Waals surface area contributed by atoms with Gasteiger partial charge in [-0.05, 0) is 11.6 Å². The molecule has 1 N–H and O–H groups in total. The molecule has 0 aliphatic heterocycles. The van der Waals surface area contributed by atoms with Gasteiger partial charge in [-0.2, -0.15) is 0 Å². The molecule has 19 heavy (non-hydrogen) atoms. The third kappa shape index (κ3) is 2.20. The number of benzene rings is 2. The fourth-order valence-electron chi connectivity index (χ4n) is 2.00. The molecule has 0 aromatic heterocycles. The maximum absolute atomic E-state index is 11.2. The third-order valence-corrected chi connectivity index (χ3v) is 2.83. The van der Waals surface area contributed by atoms with Crippen LogP contribution >= 0.6 is 0 Å². The summed E-state index contributed by atoms with van der Waals surface area (Å²) < 4.78 is 5.03. The number of phenolic OH excluding ortho intramolecular Hbond substituents is 1. The van der Waals surface area contributed by atoms with E-state index >= 15 is 0 Å². The van der Waals surface area contributed by atoms with Gasteiger partial charge in [0.05, 0.1) is 12.7 Å². The quantitative estimate of drug-likeness (QED) is 0.854. The molecule has 2 aromatic carbocycles. The molecule has 0 saturated carbocycles. The van der Waals surface area contributed by atoms with Crippen LogP contribution in [0.3, 0.4) is 0 Å². The van der Waals surface area contributed by atoms with Gasteiger partial charge in [0, 0.05) is 11.1 Å². The van der Waals surface area contributed by atoms with E-state index in [9.17, 15) is 14.7 Å². The minimum absolute atomic E-state index is 0.0689. The molecule has 0 aliphatic carbocycles. The van der Waals surface area contributed by atoms with Gasteiger partial charge in [0.25, 0.3) is 0 Å². The Morgan fingerprint density at radius 1 is 1.05 bits per heavy atom. The average molecular weight is 256 g/mol. The van der Waals surface area contributed by atoms with E-state index in [0.717, 1.165) is 0 Å². The molecule has 4 nitrogen and oxygen atoms in total. The van der Waals surface area contributed by atoms with E-state index in [4.69, 9.17) is 4.74 Å². The van der Waals surface area contributed by atoms with Gasteiger partial charge in [-0.15, -0.1) is 0 Å². The van der Waals surface area contributed by atoms with Crippen molar-refractivity contribution in [2.75, 3.05) is 7.11 Å². The largest absolute Gasteiger partial charge is 0.504 e. The van der Waals surface area contributed by atoms with Crippen LogP contribution in [-0.2, 0) is 0 Å². The number of rotatable bonds is 4. The van der Waals surface area contributed by atoms with E-state index in [2.05, 4.69) is 0 Å². The fraction of sp³-hybridized carbons (Fsp3) is 0.0667. The molecule has 4 heteroatoms. The first kappa shape index (κ1) is 12.8. The second-order valence-electron chi connectivity index (χ2n) is 3.91. The smallest absolute Gasteiger partial charge is 0.171 e. The zero-order chi connectivity index (χ0) is 13.8. The third-order valence-electron chi connectivity index (χ3n) is 2.83. The van der Waals surface area contributed by atoms with Gasteiger partial charge in [0.2, 0.25) is 0 Å². The van der Waals surface area contributed by atoms with Crippen LogP contribution in [0.15, 0.2) is 36.4 Å². The Kier molecular flexibility index (Phi) is 3.61. The van der Waals surface area contributed by atoms with Gasteiger partial charge in [-0.1, -0.05) is 30.3 Å². The summed E-state index contributed by atoms with van der Waals surface area (Å²) in [7, 11) is 1.36. The maximum atomic E-state index is 11.2. The predicted octanol–water partition coefficient (Wildman–Crippen LogP) is 2.69. The van der Waals surface area contributed by atoms with Crippen LogP contribution in [-0.4, -0.2) is 24.8 Å². The van der Waals surface area contributed by atoms with Crippen molar-refractivity contribution in [2.45, 2.75) is 0 Å². The lowest BCUT2D eigenvalue weighted by molar-refractivity contribution is 0.111. The molecular weight excluding hydrogens is 244 g/mol. The highest BCUT2D eigenvalue weighted by Gasteiger charge is 2.18. The Labute approximate surface area is 110 Å². The summed E-state index contributed by atoms with van der Waals surface area (Å²) in [6.07, 6.45) is 1.15. The van der Waals surface area contributed by atoms with E-state index in [1.807, 2.05) is 6.07 Å². The Balaban J connectivity index is 2.79. The van der Waals surface area contributed by atoms with Gasteiger partial charge < -0.3 is 9.84 Å². The average Bonchev–Trinajstić information content (AvgIpc) is 2.46. The number of phenols is 1. The van der Waals surface area contributed by atoms with Gasteiger partial charge in [0.15, 0.2) is 24.1 Å². The van der Waals surface area contributed by atoms with Gasteiger partial charge in [-0.3, -0.25) is 9.59 Å². The fourth-order valence-corrected chi connectivity index (χ4v) is 2.00. The molecule has 0 amide bonds. The van der Waals surface area contributed by atoms with E-state index in [-0.39, 0.29) is 22.6 Å². The molecule has 2 rings (SSSR count). The van der Waals surface area contributed by atoms with Crippen molar-refractivity contribution in [3.8, 4) is 22.6 Å². The molecule has 0 aliphatic rings. The van der Waals surface area contributed by atoms with Crippen LogP contribution in [0.5, 0.6) is 11.5 Å². The van der Waals surface area contributed by atoms with Crippen molar-refractivity contribution in [2.24, 2.45) is 0 Å². The maximum Gasteiger partial charge on any atom is 0.171 e. The number of carbonyl (C=O) groups is 2. The molecule has 2 aromatic rings. The standard InChI is InChI=1S/C15H12O4/c1-19-15-12(9-17)7-11(8-16)13(14(15)18)10-5-3-2-4-6-10/h2-9,18H,1H3. The highest BCUT2D eigenvalue weighted by Crippen LogP contribution is 2.41. The zero-order valence-electron chi connectivity index (χ0n) is 10.3. The van der Waals surface area contributed by atoms with Crippen LogP contribution in [0, 0.1) is 0 Å². The molecule has 0 unspecified atom stereocenters. The minimum atomic E-state index is -0.208. The first-order valence-corrected chi connectivity index (χ1v) is 5.62. The molecule has 0 saturated heterocycles. The van der Waals surface area contributed by atoms with Gasteiger partial charge in [0.1, 0.15) is 0 Å². The van der Waals surface area contributed by atoms with Crippen LogP contribution in [0.2, 0.25) is 0 Å². The van der Waals surface area contributed by atoms with Crippen LogP contribution in [0.25, 0.3) is 11.1 Å². The molecule has 0 spiro atoms. The number of aromatic hydroxyl groups is 1. The lowest BCUT2D eigenvalue weighted by Crippen LogP contribution is -1.97. The number of carbonyl (C=O) groups excluding carboxylic acids is 2. The summed E-state index contributed by atoms with van der Waals surface area (Å²) in [6.45, 7) is 0. The summed E-state index contributed by atoms with van der Waals surface area (Å²) in [4.78, 5) is 22.1. The second kappa shape index (κ2) is 5.35. The molecule has 0 atom stereocenters. The Bertz CT molecular complexity index is 618. The lowest BCUT2D eigenvalue weighted by Gasteiger charge is -2.13. The molecule has 0 fully saturated rings. The van der Waals surface area contributed by atoms with Crippen molar-refractivity contribution in [1.29, 1.82) is 0 Å². The summed E-state index contributed by atoms with van der Waals surface area (Å²) in [5, 5.41) is 10.2. The summed E-state index contributed by atoms with van der Waals surface area (Å²) >= 11 is 0. The molecule has 96 valence electrons. The number of hydrogen-bond acceptors (Lipinski definition) is 4. The Hall–Kier alpha value is -2.62. The number of ether oxygens (including phenoxy) is 1. The van der Waals surface area contributed by atoms with Crippen molar-refractivity contribution in [3.63, 3.8) is 0 Å². The van der Waals surface area contributed by atoms with Crippen LogP contribution in [0.4, 0.5) is 0 Å². The van der Waals surface area contributed by atoms with Crippen molar-refractivity contribution in [1.82, 2.24) is 0 Å². The summed E-state index contributed by atoms with van der Waals surface area (Å²) in [6, 6.07) is 10.4. The second-order valence-corrected chi connectivity index (χ2v) is 3.91. The predicted molar refractivity (Wildman–Crippen MR) is 70.9 cm³/mol. The first-order valence-electron chi connectivity index (χ1n) is 5.62.